The summed E-state index contributed by atoms with van der Waals surface area (Å²) in [6, 6.07) is 7.46. The highest BCUT2D eigenvalue weighted by Crippen LogP contribution is 2.32. The van der Waals surface area contributed by atoms with Crippen LogP contribution in [0.3, 0.4) is 0 Å². The zero-order chi connectivity index (χ0) is 19.5. The Labute approximate surface area is 163 Å². The SMILES string of the molecule is CC(C)Cn1ncc(-c2nc(-c3ccc(CO)cc3)no2)c1C1=CCOCC1. The van der Waals surface area contributed by atoms with Crippen molar-refractivity contribution in [3.63, 3.8) is 0 Å². The van der Waals surface area contributed by atoms with Crippen LogP contribution in [0.15, 0.2) is 41.1 Å². The van der Waals surface area contributed by atoms with Gasteiger partial charge in [-0.3, -0.25) is 4.68 Å². The van der Waals surface area contributed by atoms with Crippen molar-refractivity contribution in [1.29, 1.82) is 0 Å². The minimum absolute atomic E-state index is 0.00892. The molecule has 7 nitrogen and oxygen atoms in total. The molecule has 3 aromatic rings. The summed E-state index contributed by atoms with van der Waals surface area (Å²) in [6.45, 7) is 6.47. The molecular formula is C21H24N4O3. The van der Waals surface area contributed by atoms with E-state index in [1.54, 1.807) is 6.20 Å². The number of ether oxygens (including phenoxy) is 1. The molecule has 0 bridgehead atoms. The van der Waals surface area contributed by atoms with E-state index < -0.39 is 0 Å². The summed E-state index contributed by atoms with van der Waals surface area (Å²) in [6.07, 6.45) is 4.74. The van der Waals surface area contributed by atoms with Crippen LogP contribution in [0.1, 0.15) is 31.5 Å². The van der Waals surface area contributed by atoms with Gasteiger partial charge in [0.15, 0.2) is 0 Å². The van der Waals surface area contributed by atoms with E-state index >= 15 is 0 Å². The first kappa shape index (κ1) is 18.6. The number of aliphatic hydroxyl groups excluding tert-OH is 1. The van der Waals surface area contributed by atoms with Gasteiger partial charge in [-0.1, -0.05) is 49.3 Å². The van der Waals surface area contributed by atoms with E-state index in [0.717, 1.165) is 35.3 Å². The van der Waals surface area contributed by atoms with Crippen molar-refractivity contribution in [2.75, 3.05) is 13.2 Å². The second-order valence-electron chi connectivity index (χ2n) is 7.32. The Balaban J connectivity index is 1.71. The molecule has 1 aliphatic heterocycles. The summed E-state index contributed by atoms with van der Waals surface area (Å²) in [5.74, 6) is 1.44. The lowest BCUT2D eigenvalue weighted by Crippen LogP contribution is -2.13. The summed E-state index contributed by atoms with van der Waals surface area (Å²) in [5, 5.41) is 17.9. The van der Waals surface area contributed by atoms with Crippen LogP contribution in [-0.2, 0) is 17.9 Å². The van der Waals surface area contributed by atoms with Crippen molar-refractivity contribution < 1.29 is 14.4 Å². The summed E-state index contributed by atoms with van der Waals surface area (Å²) < 4.78 is 13.1. The number of hydrogen-bond acceptors (Lipinski definition) is 6. The minimum Gasteiger partial charge on any atom is -0.392 e. The van der Waals surface area contributed by atoms with Crippen molar-refractivity contribution in [3.8, 4) is 22.8 Å². The Kier molecular flexibility index (Phi) is 5.36. The van der Waals surface area contributed by atoms with Crippen molar-refractivity contribution in [2.45, 2.75) is 33.4 Å². The fraction of sp³-hybridized carbons (Fsp3) is 0.381. The van der Waals surface area contributed by atoms with Gasteiger partial charge in [0.2, 0.25) is 5.82 Å². The van der Waals surface area contributed by atoms with E-state index in [1.165, 1.54) is 5.57 Å². The number of aliphatic hydroxyl groups is 1. The molecule has 2 aromatic heterocycles. The Morgan fingerprint density at radius 2 is 2.04 bits per heavy atom. The van der Waals surface area contributed by atoms with Crippen LogP contribution < -0.4 is 0 Å². The zero-order valence-corrected chi connectivity index (χ0v) is 16.1. The summed E-state index contributed by atoms with van der Waals surface area (Å²) in [4.78, 5) is 4.60. The molecule has 0 radical (unpaired) electrons. The number of rotatable bonds is 6. The Morgan fingerprint density at radius 1 is 1.21 bits per heavy atom. The van der Waals surface area contributed by atoms with Gasteiger partial charge in [0.25, 0.3) is 5.89 Å². The quantitative estimate of drug-likeness (QED) is 0.704. The fourth-order valence-electron chi connectivity index (χ4n) is 3.32. The summed E-state index contributed by atoms with van der Waals surface area (Å²) in [5.41, 5.74) is 4.76. The van der Waals surface area contributed by atoms with E-state index in [2.05, 4.69) is 35.2 Å². The van der Waals surface area contributed by atoms with Crippen LogP contribution >= 0.6 is 0 Å². The van der Waals surface area contributed by atoms with Gasteiger partial charge >= 0.3 is 0 Å². The van der Waals surface area contributed by atoms with E-state index in [9.17, 15) is 5.11 Å². The van der Waals surface area contributed by atoms with Gasteiger partial charge in [-0.2, -0.15) is 10.1 Å². The third-order valence-electron chi connectivity index (χ3n) is 4.70. The zero-order valence-electron chi connectivity index (χ0n) is 16.1. The highest BCUT2D eigenvalue weighted by molar-refractivity contribution is 5.76. The third kappa shape index (κ3) is 3.76. The average Bonchev–Trinajstić information content (AvgIpc) is 3.35. The number of benzene rings is 1. The largest absolute Gasteiger partial charge is 0.392 e. The highest BCUT2D eigenvalue weighted by Gasteiger charge is 2.23. The molecule has 0 spiro atoms. The Hall–Kier alpha value is -2.77. The first-order valence-electron chi connectivity index (χ1n) is 9.53. The van der Waals surface area contributed by atoms with Gasteiger partial charge in [-0.15, -0.1) is 0 Å². The Bertz CT molecular complexity index is 970. The standard InChI is InChI=1S/C21H24N4O3/c1-14(2)12-25-19(16-7-9-27-10-8-16)18(11-22-25)21-23-20(24-28-21)17-5-3-15(13-26)4-6-17/h3-7,11,14,26H,8-10,12-13H2,1-2H3. The number of nitrogens with zero attached hydrogens (tertiary/aromatic N) is 4. The molecule has 4 rings (SSSR count). The second kappa shape index (κ2) is 8.08. The predicted molar refractivity (Wildman–Crippen MR) is 105 cm³/mol. The van der Waals surface area contributed by atoms with Crippen molar-refractivity contribution in [2.24, 2.45) is 5.92 Å². The van der Waals surface area contributed by atoms with Crippen LogP contribution in [0.5, 0.6) is 0 Å². The molecule has 3 heterocycles. The van der Waals surface area contributed by atoms with Gasteiger partial charge in [0.1, 0.15) is 0 Å². The maximum absolute atomic E-state index is 9.20. The molecule has 0 saturated heterocycles. The van der Waals surface area contributed by atoms with Gasteiger partial charge < -0.3 is 14.4 Å². The first-order chi connectivity index (χ1) is 13.7. The molecule has 0 aliphatic carbocycles. The van der Waals surface area contributed by atoms with E-state index in [0.29, 0.717) is 30.8 Å². The molecule has 1 aromatic carbocycles. The molecule has 0 fully saturated rings. The van der Waals surface area contributed by atoms with Gasteiger partial charge in [-0.25, -0.2) is 0 Å². The number of hydrogen-bond donors (Lipinski definition) is 1. The normalized spacial score (nSPS) is 14.5. The monoisotopic (exact) mass is 380 g/mol. The van der Waals surface area contributed by atoms with Crippen LogP contribution in [0, 0.1) is 5.92 Å². The van der Waals surface area contributed by atoms with Crippen molar-refractivity contribution in [3.05, 3.63) is 47.8 Å². The predicted octanol–water partition coefficient (Wildman–Crippen LogP) is 3.55. The summed E-state index contributed by atoms with van der Waals surface area (Å²) in [7, 11) is 0. The first-order valence-corrected chi connectivity index (χ1v) is 9.53. The molecule has 0 saturated carbocycles. The lowest BCUT2D eigenvalue weighted by atomic mass is 10.0. The van der Waals surface area contributed by atoms with Crippen LogP contribution in [0.4, 0.5) is 0 Å². The van der Waals surface area contributed by atoms with E-state index in [1.807, 2.05) is 28.9 Å². The lowest BCUT2D eigenvalue weighted by Gasteiger charge is -2.17. The molecule has 146 valence electrons. The van der Waals surface area contributed by atoms with E-state index in [-0.39, 0.29) is 6.61 Å². The fourth-order valence-corrected chi connectivity index (χ4v) is 3.32. The molecular weight excluding hydrogens is 356 g/mol. The molecule has 7 heteroatoms. The van der Waals surface area contributed by atoms with Crippen molar-refractivity contribution in [1.82, 2.24) is 19.9 Å². The van der Waals surface area contributed by atoms with Crippen LogP contribution in [0.2, 0.25) is 0 Å². The van der Waals surface area contributed by atoms with Gasteiger partial charge in [0.05, 0.1) is 37.3 Å². The number of aromatic nitrogens is 4. The second-order valence-corrected chi connectivity index (χ2v) is 7.32. The topological polar surface area (TPSA) is 86.2 Å². The molecule has 28 heavy (non-hydrogen) atoms. The van der Waals surface area contributed by atoms with Crippen LogP contribution in [0.25, 0.3) is 28.4 Å². The molecule has 0 amide bonds. The van der Waals surface area contributed by atoms with Crippen molar-refractivity contribution >= 4 is 5.57 Å². The maximum Gasteiger partial charge on any atom is 0.262 e. The van der Waals surface area contributed by atoms with E-state index in [4.69, 9.17) is 9.26 Å². The van der Waals surface area contributed by atoms with Gasteiger partial charge in [-0.05, 0) is 23.5 Å². The van der Waals surface area contributed by atoms with Crippen LogP contribution in [-0.4, -0.2) is 38.2 Å². The molecule has 1 N–H and O–H groups in total. The summed E-state index contributed by atoms with van der Waals surface area (Å²) >= 11 is 0. The Morgan fingerprint density at radius 3 is 2.71 bits per heavy atom. The third-order valence-corrected chi connectivity index (χ3v) is 4.70. The minimum atomic E-state index is 0.00892. The smallest absolute Gasteiger partial charge is 0.262 e. The highest BCUT2D eigenvalue weighted by atomic mass is 16.5. The molecule has 0 unspecified atom stereocenters. The molecule has 1 aliphatic rings. The maximum atomic E-state index is 9.20. The average molecular weight is 380 g/mol. The van der Waals surface area contributed by atoms with Gasteiger partial charge in [0, 0.05) is 12.1 Å². The lowest BCUT2D eigenvalue weighted by molar-refractivity contribution is 0.161. The molecule has 0 atom stereocenters.